The molecule has 0 unspecified atom stereocenters. The first-order chi connectivity index (χ1) is 15.9. The molecule has 2 heterocycles. The molecule has 0 aliphatic carbocycles. The minimum Gasteiger partial charge on any atom is -0.497 e. The van der Waals surface area contributed by atoms with Gasteiger partial charge >= 0.3 is 6.03 Å². The van der Waals surface area contributed by atoms with Gasteiger partial charge in [-0.3, -0.25) is 14.9 Å². The van der Waals surface area contributed by atoms with Gasteiger partial charge in [-0.25, -0.2) is 9.69 Å². The second-order valence-corrected chi connectivity index (χ2v) is 9.63. The number of hydrogen-bond donors (Lipinski definition) is 1. The Balaban J connectivity index is 1.62. The second kappa shape index (κ2) is 9.70. The van der Waals surface area contributed by atoms with Crippen LogP contribution in [0.2, 0.25) is 5.02 Å². The molecule has 33 heavy (non-hydrogen) atoms. The number of halogens is 1. The lowest BCUT2D eigenvalue weighted by Gasteiger charge is -2.27. The van der Waals surface area contributed by atoms with Gasteiger partial charge in [-0.1, -0.05) is 23.4 Å². The quantitative estimate of drug-likeness (QED) is 0.368. The van der Waals surface area contributed by atoms with E-state index in [9.17, 15) is 14.4 Å². The van der Waals surface area contributed by atoms with E-state index in [2.05, 4.69) is 5.32 Å². The molecule has 10 heteroatoms. The topological polar surface area (TPSA) is 84.9 Å². The number of imide groups is 2. The van der Waals surface area contributed by atoms with E-state index < -0.39 is 17.8 Å². The Morgan fingerprint density at radius 1 is 1.00 bits per heavy atom. The lowest BCUT2D eigenvalue weighted by atomic mass is 10.1. The maximum atomic E-state index is 13.2. The highest BCUT2D eigenvalue weighted by Gasteiger charge is 2.38. The Morgan fingerprint density at radius 2 is 1.76 bits per heavy atom. The predicted octanol–water partition coefficient (Wildman–Crippen LogP) is 5.24. The molecular weight excluding hydrogens is 484 g/mol. The molecule has 1 aromatic heterocycles. The van der Waals surface area contributed by atoms with E-state index >= 15 is 0 Å². The molecule has 168 valence electrons. The van der Waals surface area contributed by atoms with Crippen LogP contribution in [0.5, 0.6) is 11.5 Å². The first kappa shape index (κ1) is 22.9. The molecule has 4 rings (SSSR count). The smallest absolute Gasteiger partial charge is 0.336 e. The number of carbonyl (C=O) groups is 3. The molecule has 4 amide bonds. The molecule has 7 nitrogen and oxygen atoms in total. The Labute approximate surface area is 202 Å². The van der Waals surface area contributed by atoms with E-state index in [0.717, 1.165) is 14.0 Å². The molecule has 3 aromatic rings. The van der Waals surface area contributed by atoms with Crippen LogP contribution in [0, 0.1) is 0 Å². The van der Waals surface area contributed by atoms with E-state index in [4.69, 9.17) is 21.1 Å². The summed E-state index contributed by atoms with van der Waals surface area (Å²) in [6, 6.07) is 15.0. The van der Waals surface area contributed by atoms with Crippen LogP contribution in [0.4, 0.5) is 10.5 Å². The van der Waals surface area contributed by atoms with Gasteiger partial charge in [-0.15, -0.1) is 11.3 Å². The van der Waals surface area contributed by atoms with Crippen LogP contribution in [-0.4, -0.2) is 32.1 Å². The molecule has 1 fully saturated rings. The minimum atomic E-state index is -0.851. The number of nitrogens with zero attached hydrogens (tertiary/aromatic N) is 1. The summed E-state index contributed by atoms with van der Waals surface area (Å²) in [4.78, 5) is 40.7. The van der Waals surface area contributed by atoms with Gasteiger partial charge < -0.3 is 9.47 Å². The van der Waals surface area contributed by atoms with Crippen LogP contribution in [-0.2, 0) is 9.59 Å². The summed E-state index contributed by atoms with van der Waals surface area (Å²) >= 11 is 8.88. The van der Waals surface area contributed by atoms with E-state index in [1.165, 1.54) is 49.5 Å². The highest BCUT2D eigenvalue weighted by Crippen LogP contribution is 2.36. The van der Waals surface area contributed by atoms with Crippen molar-refractivity contribution in [3.63, 3.8) is 0 Å². The Morgan fingerprint density at radius 3 is 2.45 bits per heavy atom. The number of urea groups is 1. The number of carbonyl (C=O) groups excluding carboxylic acids is 3. The third-order valence-electron chi connectivity index (χ3n) is 4.65. The number of nitrogens with one attached hydrogen (secondary N) is 1. The van der Waals surface area contributed by atoms with Gasteiger partial charge in [0, 0.05) is 20.9 Å². The van der Waals surface area contributed by atoms with Gasteiger partial charge in [0.1, 0.15) is 17.1 Å². The SMILES string of the molecule is COc1ccc(N2C(=O)NC(=O)/C(=C\c3ccc(Sc4ccc(Cl)cc4)s3)C2=O)c(OC)c1. The van der Waals surface area contributed by atoms with Crippen LogP contribution in [0.15, 0.2) is 69.3 Å². The zero-order valence-corrected chi connectivity index (χ0v) is 19.8. The standard InChI is InChI=1S/C23H17ClN2O5S2/c1-30-14-5-9-18(19(11-14)31-2)26-22(28)17(21(27)25-23(26)29)12-16-8-10-20(33-16)32-15-6-3-13(24)4-7-15/h3-12H,1-2H3,(H,25,27,29)/b17-12+. The van der Waals surface area contributed by atoms with E-state index in [1.807, 2.05) is 36.4 Å². The number of thiophene rings is 1. The van der Waals surface area contributed by atoms with Crippen LogP contribution >= 0.6 is 34.7 Å². The fourth-order valence-corrected chi connectivity index (χ4v) is 5.27. The van der Waals surface area contributed by atoms with E-state index in [1.54, 1.807) is 12.1 Å². The molecule has 0 radical (unpaired) electrons. The van der Waals surface area contributed by atoms with Crippen LogP contribution in [0.1, 0.15) is 4.88 Å². The first-order valence-corrected chi connectivity index (χ1v) is 11.6. The van der Waals surface area contributed by atoms with Gasteiger partial charge in [0.2, 0.25) is 0 Å². The molecule has 1 N–H and O–H groups in total. The number of benzene rings is 2. The molecule has 0 saturated carbocycles. The number of ether oxygens (including phenoxy) is 2. The highest BCUT2D eigenvalue weighted by molar-refractivity contribution is 8.01. The fraction of sp³-hybridized carbons (Fsp3) is 0.0870. The second-order valence-electron chi connectivity index (χ2n) is 6.71. The number of hydrogen-bond acceptors (Lipinski definition) is 7. The van der Waals surface area contributed by atoms with Gasteiger partial charge in [0.25, 0.3) is 11.8 Å². The van der Waals surface area contributed by atoms with Crippen molar-refractivity contribution in [1.82, 2.24) is 5.32 Å². The largest absolute Gasteiger partial charge is 0.497 e. The summed E-state index contributed by atoms with van der Waals surface area (Å²) in [5.41, 5.74) is 0.0433. The molecular formula is C23H17ClN2O5S2. The monoisotopic (exact) mass is 500 g/mol. The Bertz CT molecular complexity index is 1270. The summed E-state index contributed by atoms with van der Waals surface area (Å²) in [7, 11) is 2.91. The molecule has 0 spiro atoms. The number of methoxy groups -OCH3 is 2. The zero-order chi connectivity index (χ0) is 23.5. The molecule has 2 aromatic carbocycles. The normalized spacial score (nSPS) is 15.1. The minimum absolute atomic E-state index is 0.155. The van der Waals surface area contributed by atoms with Gasteiger partial charge in [-0.05, 0) is 54.6 Å². The van der Waals surface area contributed by atoms with E-state index in [0.29, 0.717) is 15.6 Å². The van der Waals surface area contributed by atoms with Crippen molar-refractivity contribution in [1.29, 1.82) is 0 Å². The van der Waals surface area contributed by atoms with Gasteiger partial charge in [-0.2, -0.15) is 0 Å². The predicted molar refractivity (Wildman–Crippen MR) is 128 cm³/mol. The number of anilines is 1. The van der Waals surface area contributed by atoms with Crippen LogP contribution < -0.4 is 19.7 Å². The van der Waals surface area contributed by atoms with Crippen molar-refractivity contribution in [2.75, 3.05) is 19.1 Å². The van der Waals surface area contributed by atoms with Gasteiger partial charge in [0.15, 0.2) is 0 Å². The summed E-state index contributed by atoms with van der Waals surface area (Å²) < 4.78 is 11.5. The average Bonchev–Trinajstić information content (AvgIpc) is 3.25. The lowest BCUT2D eigenvalue weighted by molar-refractivity contribution is -0.122. The van der Waals surface area contributed by atoms with Crippen molar-refractivity contribution in [3.05, 3.63) is 70.1 Å². The molecule has 1 saturated heterocycles. The zero-order valence-electron chi connectivity index (χ0n) is 17.5. The lowest BCUT2D eigenvalue weighted by Crippen LogP contribution is -2.54. The third-order valence-corrected chi connectivity index (χ3v) is 7.07. The Hall–Kier alpha value is -3.27. The highest BCUT2D eigenvalue weighted by atomic mass is 35.5. The van der Waals surface area contributed by atoms with Crippen LogP contribution in [0.25, 0.3) is 6.08 Å². The first-order valence-electron chi connectivity index (χ1n) is 9.56. The summed E-state index contributed by atoms with van der Waals surface area (Å²) in [6.07, 6.45) is 1.48. The summed E-state index contributed by atoms with van der Waals surface area (Å²) in [5, 5.41) is 2.88. The summed E-state index contributed by atoms with van der Waals surface area (Å²) in [5.74, 6) is -0.748. The van der Waals surface area contributed by atoms with Crippen molar-refractivity contribution in [2.24, 2.45) is 0 Å². The van der Waals surface area contributed by atoms with Crippen molar-refractivity contribution < 1.29 is 23.9 Å². The number of barbiturate groups is 1. The molecule has 0 atom stereocenters. The summed E-state index contributed by atoms with van der Waals surface area (Å²) in [6.45, 7) is 0. The molecule has 1 aliphatic rings. The van der Waals surface area contributed by atoms with E-state index in [-0.39, 0.29) is 17.0 Å². The van der Waals surface area contributed by atoms with Crippen LogP contribution in [0.3, 0.4) is 0 Å². The van der Waals surface area contributed by atoms with Gasteiger partial charge in [0.05, 0.1) is 24.1 Å². The Kier molecular flexibility index (Phi) is 6.73. The van der Waals surface area contributed by atoms with Crippen molar-refractivity contribution in [2.45, 2.75) is 9.10 Å². The molecule has 0 bridgehead atoms. The fourth-order valence-electron chi connectivity index (χ4n) is 3.07. The number of rotatable bonds is 6. The average molecular weight is 501 g/mol. The maximum Gasteiger partial charge on any atom is 0.336 e. The van der Waals surface area contributed by atoms with Crippen molar-refractivity contribution >= 4 is 64.3 Å². The third kappa shape index (κ3) is 4.90. The number of amides is 4. The molecule has 1 aliphatic heterocycles. The van der Waals surface area contributed by atoms with Crippen molar-refractivity contribution in [3.8, 4) is 11.5 Å². The maximum absolute atomic E-state index is 13.2.